The van der Waals surface area contributed by atoms with Gasteiger partial charge in [0.15, 0.2) is 11.0 Å². The van der Waals surface area contributed by atoms with Crippen molar-refractivity contribution in [1.29, 1.82) is 0 Å². The molecule has 0 unspecified atom stereocenters. The lowest BCUT2D eigenvalue weighted by Crippen LogP contribution is -2.14. The third-order valence-electron chi connectivity index (χ3n) is 3.59. The van der Waals surface area contributed by atoms with Gasteiger partial charge in [-0.15, -0.1) is 20.4 Å². The van der Waals surface area contributed by atoms with E-state index in [1.54, 1.807) is 29.9 Å². The Bertz CT molecular complexity index is 958. The monoisotopic (exact) mass is 424 g/mol. The van der Waals surface area contributed by atoms with Crippen LogP contribution in [-0.2, 0) is 18.3 Å². The first kappa shape index (κ1) is 19.6. The molecule has 8 nitrogen and oxygen atoms in total. The highest BCUT2D eigenvalue weighted by molar-refractivity contribution is 7.99. The summed E-state index contributed by atoms with van der Waals surface area (Å²) in [7, 11) is 3.41. The number of hydrogen-bond donors (Lipinski definition) is 1. The van der Waals surface area contributed by atoms with Gasteiger partial charge in [0.2, 0.25) is 11.0 Å². The number of rotatable bonds is 7. The molecule has 0 fully saturated rings. The molecule has 2 heterocycles. The number of aromatic nitrogens is 5. The number of benzene rings is 1. The molecular weight excluding hydrogens is 408 g/mol. The molecule has 0 radical (unpaired) electrons. The molecule has 1 N–H and O–H groups in total. The van der Waals surface area contributed by atoms with Crippen LogP contribution in [0.1, 0.15) is 11.9 Å². The molecule has 0 saturated heterocycles. The topological polar surface area (TPSA) is 94.8 Å². The highest BCUT2D eigenvalue weighted by Gasteiger charge is 2.17. The molecule has 3 rings (SSSR count). The highest BCUT2D eigenvalue weighted by atomic mass is 35.5. The SMILES string of the molecule is CCc1nnc(NC(=O)CSc2nnc(-c3cc(Cl)ccc3OC)n2C)s1. The number of anilines is 1. The summed E-state index contributed by atoms with van der Waals surface area (Å²) in [5, 5.41) is 21.6. The molecule has 3 aromatic rings. The zero-order valence-electron chi connectivity index (χ0n) is 14.9. The number of carbonyl (C=O) groups is 1. The molecule has 0 atom stereocenters. The standard InChI is InChI=1S/C16H17ClN6O2S2/c1-4-13-19-21-15(27-13)18-12(24)8-26-16-22-20-14(23(16)2)10-7-9(17)5-6-11(10)25-3/h5-7H,4,8H2,1-3H3,(H,18,21,24). The molecule has 0 bridgehead atoms. The second-order valence-corrected chi connectivity index (χ2v) is 7.84. The van der Waals surface area contributed by atoms with E-state index in [-0.39, 0.29) is 11.7 Å². The summed E-state index contributed by atoms with van der Waals surface area (Å²) in [6.45, 7) is 1.99. The summed E-state index contributed by atoms with van der Waals surface area (Å²) in [4.78, 5) is 12.1. The maximum Gasteiger partial charge on any atom is 0.236 e. The van der Waals surface area contributed by atoms with Crippen LogP contribution in [0.4, 0.5) is 5.13 Å². The van der Waals surface area contributed by atoms with Crippen molar-refractivity contribution in [3.8, 4) is 17.1 Å². The molecule has 0 saturated carbocycles. The third kappa shape index (κ3) is 4.57. The third-order valence-corrected chi connectivity index (χ3v) is 5.82. The number of nitrogens with one attached hydrogen (secondary N) is 1. The summed E-state index contributed by atoms with van der Waals surface area (Å²) in [5.41, 5.74) is 0.734. The van der Waals surface area contributed by atoms with Gasteiger partial charge in [0.25, 0.3) is 0 Å². The number of nitrogens with zero attached hydrogens (tertiary/aromatic N) is 5. The van der Waals surface area contributed by atoms with Gasteiger partial charge in [-0.2, -0.15) is 0 Å². The van der Waals surface area contributed by atoms with Crippen molar-refractivity contribution < 1.29 is 9.53 Å². The van der Waals surface area contributed by atoms with Crippen LogP contribution < -0.4 is 10.1 Å². The van der Waals surface area contributed by atoms with E-state index in [0.717, 1.165) is 17.0 Å². The van der Waals surface area contributed by atoms with E-state index in [2.05, 4.69) is 25.7 Å². The van der Waals surface area contributed by atoms with Gasteiger partial charge in [0, 0.05) is 12.1 Å². The first-order valence-corrected chi connectivity index (χ1v) is 10.2. The van der Waals surface area contributed by atoms with E-state index < -0.39 is 0 Å². The zero-order valence-corrected chi connectivity index (χ0v) is 17.3. The molecule has 11 heteroatoms. The van der Waals surface area contributed by atoms with E-state index in [0.29, 0.717) is 26.9 Å². The van der Waals surface area contributed by atoms with Crippen molar-refractivity contribution in [3.05, 3.63) is 28.2 Å². The number of thioether (sulfide) groups is 1. The minimum absolute atomic E-state index is 0.177. The molecule has 0 spiro atoms. The van der Waals surface area contributed by atoms with Gasteiger partial charge in [-0.1, -0.05) is 41.6 Å². The van der Waals surface area contributed by atoms with Crippen LogP contribution in [-0.4, -0.2) is 43.7 Å². The maximum atomic E-state index is 12.1. The normalized spacial score (nSPS) is 10.8. The van der Waals surface area contributed by atoms with Crippen molar-refractivity contribution in [2.24, 2.45) is 7.05 Å². The molecule has 142 valence electrons. The first-order valence-electron chi connectivity index (χ1n) is 8.00. The molecule has 2 aromatic heterocycles. The van der Waals surface area contributed by atoms with Gasteiger partial charge in [-0.3, -0.25) is 10.1 Å². The average Bonchev–Trinajstić information content (AvgIpc) is 3.26. The van der Waals surface area contributed by atoms with Crippen LogP contribution in [0.3, 0.4) is 0 Å². The Labute approximate surface area is 169 Å². The van der Waals surface area contributed by atoms with Crippen molar-refractivity contribution in [2.45, 2.75) is 18.5 Å². The van der Waals surface area contributed by atoms with E-state index in [1.165, 1.54) is 23.1 Å². The maximum absolute atomic E-state index is 12.1. The fourth-order valence-corrected chi connectivity index (χ4v) is 3.84. The van der Waals surface area contributed by atoms with Crippen LogP contribution in [0.2, 0.25) is 5.02 Å². The largest absolute Gasteiger partial charge is 0.496 e. The second-order valence-electron chi connectivity index (χ2n) is 5.40. The van der Waals surface area contributed by atoms with Crippen molar-refractivity contribution in [1.82, 2.24) is 25.0 Å². The van der Waals surface area contributed by atoms with Crippen LogP contribution in [0.15, 0.2) is 23.4 Å². The molecule has 0 aliphatic rings. The van der Waals surface area contributed by atoms with E-state index in [4.69, 9.17) is 16.3 Å². The number of hydrogen-bond acceptors (Lipinski definition) is 8. The first-order chi connectivity index (χ1) is 13.0. The van der Waals surface area contributed by atoms with Gasteiger partial charge < -0.3 is 9.30 Å². The Morgan fingerprint density at radius 3 is 2.85 bits per heavy atom. The summed E-state index contributed by atoms with van der Waals surface area (Å²) in [6.07, 6.45) is 0.789. The van der Waals surface area contributed by atoms with Gasteiger partial charge >= 0.3 is 0 Å². The Morgan fingerprint density at radius 1 is 1.33 bits per heavy atom. The van der Waals surface area contributed by atoms with Crippen LogP contribution >= 0.6 is 34.7 Å². The van der Waals surface area contributed by atoms with Crippen LogP contribution in [0.25, 0.3) is 11.4 Å². The molecule has 0 aliphatic carbocycles. The fourth-order valence-electron chi connectivity index (χ4n) is 2.26. The van der Waals surface area contributed by atoms with Crippen molar-refractivity contribution >= 4 is 45.7 Å². The number of methoxy groups -OCH3 is 1. The Morgan fingerprint density at radius 2 is 2.15 bits per heavy atom. The van der Waals surface area contributed by atoms with Crippen LogP contribution in [0, 0.1) is 0 Å². The summed E-state index contributed by atoms with van der Waals surface area (Å²) in [6, 6.07) is 5.29. The fraction of sp³-hybridized carbons (Fsp3) is 0.312. The Kier molecular flexibility index (Phi) is 6.30. The van der Waals surface area contributed by atoms with Crippen LogP contribution in [0.5, 0.6) is 5.75 Å². The zero-order chi connectivity index (χ0) is 19.4. The summed E-state index contributed by atoms with van der Waals surface area (Å²) in [5.74, 6) is 1.25. The Hall–Kier alpha value is -2.17. The minimum atomic E-state index is -0.177. The smallest absolute Gasteiger partial charge is 0.236 e. The van der Waals surface area contributed by atoms with E-state index >= 15 is 0 Å². The lowest BCUT2D eigenvalue weighted by molar-refractivity contribution is -0.113. The lowest BCUT2D eigenvalue weighted by Gasteiger charge is -2.09. The van der Waals surface area contributed by atoms with Crippen molar-refractivity contribution in [3.63, 3.8) is 0 Å². The molecule has 0 aliphatic heterocycles. The van der Waals surface area contributed by atoms with Gasteiger partial charge in [-0.05, 0) is 24.6 Å². The highest BCUT2D eigenvalue weighted by Crippen LogP contribution is 2.32. The quantitative estimate of drug-likeness (QED) is 0.581. The Balaban J connectivity index is 1.69. The van der Waals surface area contributed by atoms with Gasteiger partial charge in [0.1, 0.15) is 10.8 Å². The molecular formula is C16H17ClN6O2S2. The summed E-state index contributed by atoms with van der Waals surface area (Å²) >= 11 is 8.74. The minimum Gasteiger partial charge on any atom is -0.496 e. The molecule has 27 heavy (non-hydrogen) atoms. The number of carbonyl (C=O) groups excluding carboxylic acids is 1. The van der Waals surface area contributed by atoms with E-state index in [1.807, 2.05) is 14.0 Å². The molecule has 1 aromatic carbocycles. The molecule has 1 amide bonds. The van der Waals surface area contributed by atoms with E-state index in [9.17, 15) is 4.79 Å². The lowest BCUT2D eigenvalue weighted by atomic mass is 10.2. The van der Waals surface area contributed by atoms with Gasteiger partial charge in [-0.25, -0.2) is 0 Å². The summed E-state index contributed by atoms with van der Waals surface area (Å²) < 4.78 is 7.17. The number of aryl methyl sites for hydroxylation is 1. The number of ether oxygens (including phenoxy) is 1. The number of amides is 1. The predicted molar refractivity (Wildman–Crippen MR) is 107 cm³/mol. The number of halogens is 1. The average molecular weight is 425 g/mol. The van der Waals surface area contributed by atoms with Gasteiger partial charge in [0.05, 0.1) is 18.4 Å². The predicted octanol–water partition coefficient (Wildman–Crippen LogP) is 3.29. The second kappa shape index (κ2) is 8.68. The van der Waals surface area contributed by atoms with Crippen molar-refractivity contribution in [2.75, 3.05) is 18.2 Å².